The Bertz CT molecular complexity index is 674. The molecule has 130 valence electrons. The Hall–Kier alpha value is -2.44. The van der Waals surface area contributed by atoms with Gasteiger partial charge in [0.25, 0.3) is 0 Å². The molecule has 0 aliphatic heterocycles. The molecule has 0 aromatic heterocycles. The van der Waals surface area contributed by atoms with Crippen LogP contribution in [-0.4, -0.2) is 42.6 Å². The topological polar surface area (TPSA) is 91.2 Å². The zero-order chi connectivity index (χ0) is 17.5. The van der Waals surface area contributed by atoms with Gasteiger partial charge in [0.05, 0.1) is 20.3 Å². The van der Waals surface area contributed by atoms with Crippen LogP contribution in [0.25, 0.3) is 0 Å². The number of hydrogen-bond donors (Lipinski definition) is 4. The first-order valence-electron chi connectivity index (χ1n) is 7.66. The van der Waals surface area contributed by atoms with E-state index in [9.17, 15) is 15.3 Å². The molecule has 0 aliphatic rings. The van der Waals surface area contributed by atoms with Crippen molar-refractivity contribution in [3.05, 3.63) is 47.5 Å². The minimum Gasteiger partial charge on any atom is -0.508 e. The molecule has 0 radical (unpaired) electrons. The van der Waals surface area contributed by atoms with Crippen LogP contribution in [0.5, 0.6) is 23.0 Å². The van der Waals surface area contributed by atoms with Gasteiger partial charge in [-0.3, -0.25) is 0 Å². The minimum atomic E-state index is -0.900. The molecule has 0 amide bonds. The number of rotatable bonds is 8. The fourth-order valence-corrected chi connectivity index (χ4v) is 2.43. The molecular weight excluding hydrogens is 310 g/mol. The number of aliphatic hydroxyl groups is 1. The van der Waals surface area contributed by atoms with Crippen LogP contribution in [0.4, 0.5) is 0 Å². The Kier molecular flexibility index (Phi) is 6.28. The predicted molar refractivity (Wildman–Crippen MR) is 90.9 cm³/mol. The van der Waals surface area contributed by atoms with Crippen LogP contribution in [0, 0.1) is 0 Å². The van der Waals surface area contributed by atoms with Crippen molar-refractivity contribution in [1.29, 1.82) is 0 Å². The third kappa shape index (κ3) is 4.53. The second-order valence-electron chi connectivity index (χ2n) is 5.40. The van der Waals surface area contributed by atoms with Crippen molar-refractivity contribution in [2.75, 3.05) is 27.3 Å². The number of nitrogens with one attached hydrogen (secondary N) is 1. The van der Waals surface area contributed by atoms with E-state index >= 15 is 0 Å². The lowest BCUT2D eigenvalue weighted by atomic mass is 10.1. The highest BCUT2D eigenvalue weighted by molar-refractivity contribution is 5.43. The molecule has 2 aromatic rings. The average Bonchev–Trinajstić information content (AvgIpc) is 2.60. The van der Waals surface area contributed by atoms with Crippen molar-refractivity contribution in [2.24, 2.45) is 0 Å². The van der Waals surface area contributed by atoms with Gasteiger partial charge in [0.1, 0.15) is 11.5 Å². The predicted octanol–water partition coefficient (Wildman–Crippen LogP) is 1.98. The van der Waals surface area contributed by atoms with Crippen molar-refractivity contribution < 1.29 is 24.8 Å². The van der Waals surface area contributed by atoms with Crippen molar-refractivity contribution in [3.63, 3.8) is 0 Å². The highest BCUT2D eigenvalue weighted by Crippen LogP contribution is 2.28. The van der Waals surface area contributed by atoms with Gasteiger partial charge in [-0.1, -0.05) is 6.07 Å². The molecule has 2 aromatic carbocycles. The summed E-state index contributed by atoms with van der Waals surface area (Å²) < 4.78 is 10.5. The number of phenolic OH excluding ortho intramolecular Hbond substituents is 2. The second kappa shape index (κ2) is 8.42. The van der Waals surface area contributed by atoms with E-state index in [2.05, 4.69) is 5.32 Å². The van der Waals surface area contributed by atoms with E-state index in [1.807, 2.05) is 18.2 Å². The monoisotopic (exact) mass is 333 g/mol. The molecule has 0 bridgehead atoms. The molecule has 0 saturated carbocycles. The Balaban J connectivity index is 1.85. The first kappa shape index (κ1) is 17.9. The van der Waals surface area contributed by atoms with Crippen LogP contribution in [0.15, 0.2) is 36.4 Å². The highest BCUT2D eigenvalue weighted by Gasteiger charge is 2.12. The number of phenols is 2. The summed E-state index contributed by atoms with van der Waals surface area (Å²) in [6.45, 7) is 0.913. The van der Waals surface area contributed by atoms with Gasteiger partial charge in [-0.25, -0.2) is 0 Å². The summed E-state index contributed by atoms with van der Waals surface area (Å²) in [7, 11) is 3.19. The normalized spacial score (nSPS) is 12.0. The maximum absolute atomic E-state index is 10.1. The van der Waals surface area contributed by atoms with Gasteiger partial charge in [-0.15, -0.1) is 0 Å². The number of hydrogen-bond acceptors (Lipinski definition) is 6. The summed E-state index contributed by atoms with van der Waals surface area (Å²) in [5, 5.41) is 32.4. The summed E-state index contributed by atoms with van der Waals surface area (Å²) in [4.78, 5) is 0. The molecular formula is C18H23NO5. The number of ether oxygens (including phenoxy) is 2. The van der Waals surface area contributed by atoms with Gasteiger partial charge in [-0.2, -0.15) is 0 Å². The van der Waals surface area contributed by atoms with E-state index in [0.717, 1.165) is 12.0 Å². The van der Waals surface area contributed by atoms with Gasteiger partial charge in [0, 0.05) is 12.1 Å². The molecule has 1 unspecified atom stereocenters. The van der Waals surface area contributed by atoms with Crippen LogP contribution in [0.1, 0.15) is 17.2 Å². The van der Waals surface area contributed by atoms with Crippen LogP contribution in [-0.2, 0) is 6.42 Å². The Morgan fingerprint density at radius 2 is 1.75 bits per heavy atom. The number of aliphatic hydroxyl groups excluding tert-OH is 1. The third-order valence-electron chi connectivity index (χ3n) is 3.75. The highest BCUT2D eigenvalue weighted by atomic mass is 16.5. The van der Waals surface area contributed by atoms with Gasteiger partial charge in [0.15, 0.2) is 11.5 Å². The van der Waals surface area contributed by atoms with Gasteiger partial charge < -0.3 is 30.1 Å². The largest absolute Gasteiger partial charge is 0.508 e. The maximum Gasteiger partial charge on any atom is 0.160 e. The summed E-state index contributed by atoms with van der Waals surface area (Å²) in [5.74, 6) is 1.33. The van der Waals surface area contributed by atoms with E-state index in [4.69, 9.17) is 9.47 Å². The first-order chi connectivity index (χ1) is 11.5. The SMILES string of the molecule is COc1ccc(CCNCC(O)c2cc(O)ccc2O)cc1OC. The minimum absolute atomic E-state index is 0.00665. The van der Waals surface area contributed by atoms with E-state index in [0.29, 0.717) is 23.6 Å². The van der Waals surface area contributed by atoms with Crippen LogP contribution in [0.2, 0.25) is 0 Å². The van der Waals surface area contributed by atoms with Gasteiger partial charge >= 0.3 is 0 Å². The van der Waals surface area contributed by atoms with E-state index in [1.165, 1.54) is 18.2 Å². The van der Waals surface area contributed by atoms with Crippen LogP contribution in [0.3, 0.4) is 0 Å². The molecule has 0 saturated heterocycles. The fraction of sp³-hybridized carbons (Fsp3) is 0.333. The van der Waals surface area contributed by atoms with E-state index in [-0.39, 0.29) is 18.0 Å². The molecule has 4 N–H and O–H groups in total. The quantitative estimate of drug-likeness (QED) is 0.436. The lowest BCUT2D eigenvalue weighted by Crippen LogP contribution is -2.23. The molecule has 6 heteroatoms. The molecule has 1 atom stereocenters. The van der Waals surface area contributed by atoms with Gasteiger partial charge in [0.2, 0.25) is 0 Å². The summed E-state index contributed by atoms with van der Waals surface area (Å²) in [5.41, 5.74) is 1.38. The summed E-state index contributed by atoms with van der Waals surface area (Å²) in [6.07, 6.45) is -0.151. The summed E-state index contributed by atoms with van der Waals surface area (Å²) >= 11 is 0. The lowest BCUT2D eigenvalue weighted by Gasteiger charge is -2.14. The maximum atomic E-state index is 10.1. The molecule has 6 nitrogen and oxygen atoms in total. The van der Waals surface area contributed by atoms with Crippen LogP contribution >= 0.6 is 0 Å². The molecule has 0 spiro atoms. The Morgan fingerprint density at radius 1 is 1.00 bits per heavy atom. The zero-order valence-electron chi connectivity index (χ0n) is 13.8. The van der Waals surface area contributed by atoms with Crippen molar-refractivity contribution >= 4 is 0 Å². The second-order valence-corrected chi connectivity index (χ2v) is 5.40. The summed E-state index contributed by atoms with van der Waals surface area (Å²) in [6, 6.07) is 9.82. The van der Waals surface area contributed by atoms with Crippen LogP contribution < -0.4 is 14.8 Å². The van der Waals surface area contributed by atoms with Crippen molar-refractivity contribution in [3.8, 4) is 23.0 Å². The smallest absolute Gasteiger partial charge is 0.160 e. The Labute approximate surface area is 141 Å². The number of methoxy groups -OCH3 is 2. The zero-order valence-corrected chi connectivity index (χ0v) is 13.8. The molecule has 0 fully saturated rings. The number of aromatic hydroxyl groups is 2. The third-order valence-corrected chi connectivity index (χ3v) is 3.75. The van der Waals surface area contributed by atoms with E-state index in [1.54, 1.807) is 14.2 Å². The molecule has 24 heavy (non-hydrogen) atoms. The first-order valence-corrected chi connectivity index (χ1v) is 7.66. The molecule has 0 aliphatic carbocycles. The van der Waals surface area contributed by atoms with E-state index < -0.39 is 6.10 Å². The molecule has 2 rings (SSSR count). The number of benzene rings is 2. The van der Waals surface area contributed by atoms with Crippen molar-refractivity contribution in [1.82, 2.24) is 5.32 Å². The Morgan fingerprint density at radius 3 is 2.46 bits per heavy atom. The average molecular weight is 333 g/mol. The molecule has 0 heterocycles. The van der Waals surface area contributed by atoms with Gasteiger partial charge in [-0.05, 0) is 48.9 Å². The lowest BCUT2D eigenvalue weighted by molar-refractivity contribution is 0.171. The fourth-order valence-electron chi connectivity index (χ4n) is 2.43. The standard InChI is InChI=1S/C18H23NO5/c1-23-17-6-3-12(9-18(17)24-2)7-8-19-11-16(22)14-10-13(20)4-5-15(14)21/h3-6,9-10,16,19-22H,7-8,11H2,1-2H3. The van der Waals surface area contributed by atoms with Crippen molar-refractivity contribution in [2.45, 2.75) is 12.5 Å².